The van der Waals surface area contributed by atoms with Crippen LogP contribution in [0.3, 0.4) is 0 Å². The van der Waals surface area contributed by atoms with E-state index in [0.29, 0.717) is 6.61 Å². The number of halogens is 1. The van der Waals surface area contributed by atoms with Crippen LogP contribution in [0.5, 0.6) is 0 Å². The molecule has 1 heterocycles. The third-order valence-corrected chi connectivity index (χ3v) is 2.64. The van der Waals surface area contributed by atoms with Crippen molar-refractivity contribution in [2.24, 2.45) is 0 Å². The standard InChI is InChI=1S/C9H16BrNO2/c1-8(10)5-11-3-4-13-7-9(11,2)6-12/h12H,1,3-7H2,2H3. The van der Waals surface area contributed by atoms with Crippen molar-refractivity contribution < 1.29 is 9.84 Å². The summed E-state index contributed by atoms with van der Waals surface area (Å²) in [6.45, 7) is 8.85. The molecule has 0 aromatic carbocycles. The molecule has 1 saturated heterocycles. The number of rotatable bonds is 3. The largest absolute Gasteiger partial charge is 0.394 e. The molecule has 13 heavy (non-hydrogen) atoms. The van der Waals surface area contributed by atoms with Gasteiger partial charge in [0.2, 0.25) is 0 Å². The lowest BCUT2D eigenvalue weighted by Crippen LogP contribution is -2.57. The van der Waals surface area contributed by atoms with E-state index in [2.05, 4.69) is 27.4 Å². The van der Waals surface area contributed by atoms with Gasteiger partial charge >= 0.3 is 0 Å². The number of morpholine rings is 1. The summed E-state index contributed by atoms with van der Waals surface area (Å²) in [5.74, 6) is 0. The maximum Gasteiger partial charge on any atom is 0.0671 e. The van der Waals surface area contributed by atoms with E-state index < -0.39 is 0 Å². The lowest BCUT2D eigenvalue weighted by Gasteiger charge is -2.43. The molecular formula is C9H16BrNO2. The van der Waals surface area contributed by atoms with E-state index in [1.807, 2.05) is 6.92 Å². The first-order valence-corrected chi connectivity index (χ1v) is 5.15. The van der Waals surface area contributed by atoms with Crippen molar-refractivity contribution >= 4 is 15.9 Å². The third-order valence-electron chi connectivity index (χ3n) is 2.39. The molecule has 1 unspecified atom stereocenters. The Labute approximate surface area is 87.5 Å². The van der Waals surface area contributed by atoms with Crippen LogP contribution in [0.2, 0.25) is 0 Å². The van der Waals surface area contributed by atoms with Gasteiger partial charge in [-0.3, -0.25) is 4.90 Å². The molecule has 0 amide bonds. The molecule has 1 aliphatic heterocycles. The summed E-state index contributed by atoms with van der Waals surface area (Å²) in [6, 6.07) is 0. The van der Waals surface area contributed by atoms with Gasteiger partial charge in [-0.2, -0.15) is 0 Å². The molecule has 1 rings (SSSR count). The Morgan fingerprint density at radius 3 is 3.00 bits per heavy atom. The molecule has 0 saturated carbocycles. The van der Waals surface area contributed by atoms with Crippen LogP contribution < -0.4 is 0 Å². The molecule has 0 aliphatic carbocycles. The second kappa shape index (κ2) is 4.55. The van der Waals surface area contributed by atoms with Crippen LogP contribution >= 0.6 is 15.9 Å². The predicted molar refractivity (Wildman–Crippen MR) is 55.9 cm³/mol. The van der Waals surface area contributed by atoms with Crippen LogP contribution in [-0.4, -0.2) is 48.5 Å². The first-order valence-electron chi connectivity index (χ1n) is 4.35. The van der Waals surface area contributed by atoms with Crippen LogP contribution in [0.1, 0.15) is 6.92 Å². The smallest absolute Gasteiger partial charge is 0.0671 e. The van der Waals surface area contributed by atoms with Gasteiger partial charge < -0.3 is 9.84 Å². The summed E-state index contributed by atoms with van der Waals surface area (Å²) < 4.78 is 6.28. The number of aliphatic hydroxyl groups excluding tert-OH is 1. The number of nitrogens with zero attached hydrogens (tertiary/aromatic N) is 1. The van der Waals surface area contributed by atoms with Gasteiger partial charge in [0.15, 0.2) is 0 Å². The molecule has 0 aromatic heterocycles. The molecule has 3 nitrogen and oxygen atoms in total. The second-order valence-corrected chi connectivity index (χ2v) is 4.77. The Morgan fingerprint density at radius 2 is 2.46 bits per heavy atom. The Kier molecular flexibility index (Phi) is 3.91. The molecule has 1 atom stereocenters. The Morgan fingerprint density at radius 1 is 1.77 bits per heavy atom. The quantitative estimate of drug-likeness (QED) is 0.810. The molecule has 1 fully saturated rings. The lowest BCUT2D eigenvalue weighted by molar-refractivity contribution is -0.0772. The summed E-state index contributed by atoms with van der Waals surface area (Å²) in [5, 5.41) is 9.27. The van der Waals surface area contributed by atoms with E-state index in [0.717, 1.165) is 24.2 Å². The fraction of sp³-hybridized carbons (Fsp3) is 0.778. The highest BCUT2D eigenvalue weighted by atomic mass is 79.9. The van der Waals surface area contributed by atoms with Crippen molar-refractivity contribution in [3.8, 4) is 0 Å². The maximum absolute atomic E-state index is 9.27. The van der Waals surface area contributed by atoms with Gasteiger partial charge in [0, 0.05) is 17.6 Å². The Bertz CT molecular complexity index is 198. The van der Waals surface area contributed by atoms with E-state index in [1.165, 1.54) is 0 Å². The molecule has 0 bridgehead atoms. The molecule has 0 spiro atoms. The summed E-state index contributed by atoms with van der Waals surface area (Å²) in [4.78, 5) is 2.19. The van der Waals surface area contributed by atoms with Gasteiger partial charge in [0.25, 0.3) is 0 Å². The zero-order valence-electron chi connectivity index (χ0n) is 7.92. The number of hydrogen-bond acceptors (Lipinski definition) is 3. The summed E-state index contributed by atoms with van der Waals surface area (Å²) in [6.07, 6.45) is 0. The van der Waals surface area contributed by atoms with Crippen molar-refractivity contribution in [1.82, 2.24) is 4.90 Å². The molecule has 4 heteroatoms. The van der Waals surface area contributed by atoms with Crippen molar-refractivity contribution in [3.05, 3.63) is 11.1 Å². The number of aliphatic hydroxyl groups is 1. The normalized spacial score (nSPS) is 30.4. The molecular weight excluding hydrogens is 234 g/mol. The Balaban J connectivity index is 2.61. The van der Waals surface area contributed by atoms with Crippen molar-refractivity contribution in [2.75, 3.05) is 32.9 Å². The van der Waals surface area contributed by atoms with Gasteiger partial charge in [0.1, 0.15) is 0 Å². The minimum atomic E-state index is -0.255. The summed E-state index contributed by atoms with van der Waals surface area (Å²) >= 11 is 3.33. The van der Waals surface area contributed by atoms with E-state index >= 15 is 0 Å². The van der Waals surface area contributed by atoms with E-state index in [9.17, 15) is 5.11 Å². The zero-order valence-corrected chi connectivity index (χ0v) is 9.51. The van der Waals surface area contributed by atoms with E-state index in [1.54, 1.807) is 0 Å². The number of ether oxygens (including phenoxy) is 1. The minimum Gasteiger partial charge on any atom is -0.394 e. The zero-order chi connectivity index (χ0) is 9.90. The monoisotopic (exact) mass is 249 g/mol. The van der Waals surface area contributed by atoms with Gasteiger partial charge in [-0.15, -0.1) is 0 Å². The topological polar surface area (TPSA) is 32.7 Å². The second-order valence-electron chi connectivity index (χ2n) is 3.65. The number of hydrogen-bond donors (Lipinski definition) is 1. The van der Waals surface area contributed by atoms with Gasteiger partial charge in [0.05, 0.1) is 25.4 Å². The molecule has 0 radical (unpaired) electrons. The summed E-state index contributed by atoms with van der Waals surface area (Å²) in [7, 11) is 0. The van der Waals surface area contributed by atoms with Crippen LogP contribution in [0.4, 0.5) is 0 Å². The Hall–Kier alpha value is 0.1000. The molecule has 1 N–H and O–H groups in total. The highest BCUT2D eigenvalue weighted by molar-refractivity contribution is 9.11. The van der Waals surface area contributed by atoms with Gasteiger partial charge in [-0.25, -0.2) is 0 Å². The van der Waals surface area contributed by atoms with E-state index in [-0.39, 0.29) is 12.1 Å². The average Bonchev–Trinajstić information content (AvgIpc) is 2.09. The van der Waals surface area contributed by atoms with Crippen LogP contribution in [-0.2, 0) is 4.74 Å². The maximum atomic E-state index is 9.27. The van der Waals surface area contributed by atoms with Crippen molar-refractivity contribution in [1.29, 1.82) is 0 Å². The minimum absolute atomic E-state index is 0.118. The highest BCUT2D eigenvalue weighted by Crippen LogP contribution is 2.21. The average molecular weight is 250 g/mol. The lowest BCUT2D eigenvalue weighted by atomic mass is 10.0. The first-order chi connectivity index (χ1) is 6.08. The fourth-order valence-electron chi connectivity index (χ4n) is 1.45. The van der Waals surface area contributed by atoms with E-state index in [4.69, 9.17) is 4.74 Å². The van der Waals surface area contributed by atoms with Crippen molar-refractivity contribution in [3.63, 3.8) is 0 Å². The predicted octanol–water partition coefficient (Wildman–Crippen LogP) is 0.978. The molecule has 1 aliphatic rings. The van der Waals surface area contributed by atoms with Crippen LogP contribution in [0.25, 0.3) is 0 Å². The summed E-state index contributed by atoms with van der Waals surface area (Å²) in [5.41, 5.74) is -0.255. The third kappa shape index (κ3) is 2.77. The fourth-order valence-corrected chi connectivity index (χ4v) is 1.75. The molecule has 0 aromatic rings. The van der Waals surface area contributed by atoms with Crippen LogP contribution in [0, 0.1) is 0 Å². The van der Waals surface area contributed by atoms with Crippen LogP contribution in [0.15, 0.2) is 11.1 Å². The highest BCUT2D eigenvalue weighted by Gasteiger charge is 2.34. The van der Waals surface area contributed by atoms with Crippen molar-refractivity contribution in [2.45, 2.75) is 12.5 Å². The SMILES string of the molecule is C=C(Br)CN1CCOCC1(C)CO. The van der Waals surface area contributed by atoms with Gasteiger partial charge in [-0.1, -0.05) is 22.5 Å². The first kappa shape index (κ1) is 11.2. The van der Waals surface area contributed by atoms with Gasteiger partial charge in [-0.05, 0) is 6.92 Å². The molecule has 76 valence electrons.